The number of methoxy groups -OCH3 is 1. The predicted molar refractivity (Wildman–Crippen MR) is 170 cm³/mol. The molecule has 12 nitrogen and oxygen atoms in total. The second kappa shape index (κ2) is 9.33. The largest absolute Gasteiger partial charge is 0.481 e. The molecular formula is C35H31N9O3. The number of aliphatic hydroxyl groups is 1. The molecule has 234 valence electrons. The molecular weight excluding hydrogens is 594 g/mol. The maximum atomic E-state index is 13.2. The van der Waals surface area contributed by atoms with E-state index in [1.165, 1.54) is 0 Å². The van der Waals surface area contributed by atoms with E-state index in [-0.39, 0.29) is 16.9 Å². The van der Waals surface area contributed by atoms with Crippen LogP contribution in [-0.2, 0) is 5.60 Å². The van der Waals surface area contributed by atoms with E-state index in [2.05, 4.69) is 31.4 Å². The highest BCUT2D eigenvalue weighted by Crippen LogP contribution is 2.84. The molecule has 3 saturated carbocycles. The number of carbonyl (C=O) groups excluding carboxylic acids is 1. The molecule has 0 aromatic carbocycles. The minimum Gasteiger partial charge on any atom is -0.481 e. The third-order valence-corrected chi connectivity index (χ3v) is 11.2. The number of piperidine rings is 2. The molecule has 5 aromatic rings. The number of rotatable bonds is 7. The number of anilines is 1. The lowest BCUT2D eigenvalue weighted by atomic mass is 9.21. The Morgan fingerprint density at radius 3 is 2.53 bits per heavy atom. The molecule has 2 N–H and O–H groups in total. The number of amides is 1. The summed E-state index contributed by atoms with van der Waals surface area (Å²) in [5, 5.41) is 28.0. The number of fused-ring (bicyclic) bond motifs is 1. The van der Waals surface area contributed by atoms with Crippen molar-refractivity contribution in [3.05, 3.63) is 84.2 Å². The molecule has 1 saturated heterocycles. The van der Waals surface area contributed by atoms with Gasteiger partial charge in [-0.15, -0.1) is 0 Å². The van der Waals surface area contributed by atoms with Crippen molar-refractivity contribution in [2.24, 2.45) is 11.3 Å². The molecule has 6 heterocycles. The topological polar surface area (TPSA) is 154 Å². The van der Waals surface area contributed by atoms with Crippen LogP contribution in [0, 0.1) is 22.7 Å². The number of ether oxygens (including phenoxy) is 1. The molecule has 1 aliphatic heterocycles. The van der Waals surface area contributed by atoms with Gasteiger partial charge in [0.25, 0.3) is 5.91 Å². The van der Waals surface area contributed by atoms with E-state index in [1.54, 1.807) is 62.4 Å². The zero-order chi connectivity index (χ0) is 32.3. The van der Waals surface area contributed by atoms with Crippen molar-refractivity contribution in [3.63, 3.8) is 0 Å². The second-order valence-electron chi connectivity index (χ2n) is 13.7. The van der Waals surface area contributed by atoms with Gasteiger partial charge in [0.1, 0.15) is 11.9 Å². The van der Waals surface area contributed by atoms with Crippen LogP contribution in [0.25, 0.3) is 28.0 Å². The Balaban J connectivity index is 0.983. The maximum absolute atomic E-state index is 13.2. The Labute approximate surface area is 270 Å². The normalized spacial score (nSPS) is 26.4. The average Bonchev–Trinajstić information content (AvgIpc) is 3.48. The van der Waals surface area contributed by atoms with Crippen molar-refractivity contribution in [2.45, 2.75) is 56.3 Å². The van der Waals surface area contributed by atoms with Gasteiger partial charge in [0.2, 0.25) is 5.88 Å². The summed E-state index contributed by atoms with van der Waals surface area (Å²) in [5.41, 5.74) is 4.12. The average molecular weight is 626 g/mol. The van der Waals surface area contributed by atoms with E-state index in [0.717, 1.165) is 36.2 Å². The molecule has 3 aliphatic carbocycles. The summed E-state index contributed by atoms with van der Waals surface area (Å²) in [6.07, 6.45) is 13.2. The fourth-order valence-corrected chi connectivity index (χ4v) is 8.96. The third-order valence-electron chi connectivity index (χ3n) is 11.2. The Hall–Kier alpha value is -5.41. The number of nitrogens with zero attached hydrogens (tertiary/aromatic N) is 8. The van der Waals surface area contributed by atoms with Crippen molar-refractivity contribution >= 4 is 17.2 Å². The molecule has 1 amide bonds. The summed E-state index contributed by atoms with van der Waals surface area (Å²) in [7, 11) is 1.56. The highest BCUT2D eigenvalue weighted by Gasteiger charge is 2.91. The number of pyridine rings is 3. The van der Waals surface area contributed by atoms with Gasteiger partial charge in [-0.05, 0) is 57.2 Å². The Morgan fingerprint density at radius 2 is 1.89 bits per heavy atom. The lowest BCUT2D eigenvalue weighted by Gasteiger charge is -2.93. The van der Waals surface area contributed by atoms with E-state index >= 15 is 0 Å². The SMILES string of the molecule is COc1ccc(C(=O)NC23CC4CC5N(c6cnc(-c7cc(-c8ccc(C(C)(C)O)cn8)cn8ncc(C#N)c78)cn6)C(C2)C453)cn1. The highest BCUT2D eigenvalue weighted by atomic mass is 16.5. The molecule has 0 bridgehead atoms. The van der Waals surface area contributed by atoms with Crippen LogP contribution in [0.5, 0.6) is 5.88 Å². The summed E-state index contributed by atoms with van der Waals surface area (Å²) >= 11 is 0. The van der Waals surface area contributed by atoms with Crippen molar-refractivity contribution in [1.29, 1.82) is 5.26 Å². The second-order valence-corrected chi connectivity index (χ2v) is 13.7. The molecule has 0 radical (unpaired) electrons. The third kappa shape index (κ3) is 3.60. The summed E-state index contributed by atoms with van der Waals surface area (Å²) in [6.45, 7) is 3.44. The first-order valence-corrected chi connectivity index (χ1v) is 15.7. The summed E-state index contributed by atoms with van der Waals surface area (Å²) < 4.78 is 6.81. The van der Waals surface area contributed by atoms with Gasteiger partial charge in [-0.25, -0.2) is 14.5 Å². The molecule has 4 aliphatic rings. The smallest absolute Gasteiger partial charge is 0.253 e. The Bertz CT molecular complexity index is 2130. The summed E-state index contributed by atoms with van der Waals surface area (Å²) in [5.74, 6) is 1.84. The fourth-order valence-electron chi connectivity index (χ4n) is 8.96. The van der Waals surface area contributed by atoms with Gasteiger partial charge >= 0.3 is 0 Å². The van der Waals surface area contributed by atoms with Gasteiger partial charge in [-0.3, -0.25) is 14.8 Å². The van der Waals surface area contributed by atoms with E-state index in [4.69, 9.17) is 14.7 Å². The molecule has 5 atom stereocenters. The standard InChI is InChI=1S/C35H31N9O3/c1-33(2,46)22-5-6-25(37-15-22)20-8-24(31-21(12-36)14-41-43(31)18-20)26-16-39-29(17-38-26)44-27-9-23-10-34(11-28(44)35(23,27)34)42-32(45)19-4-7-30(47-3)40-13-19/h4-8,13-18,23,27-28,46H,9-11H2,1-3H3,(H,42,45). The van der Waals surface area contributed by atoms with Crippen LogP contribution in [0.4, 0.5) is 5.82 Å². The Kier molecular flexibility index (Phi) is 5.53. The van der Waals surface area contributed by atoms with Gasteiger partial charge < -0.3 is 20.1 Å². The molecule has 1 spiro atoms. The lowest BCUT2D eigenvalue weighted by molar-refractivity contribution is -0.326. The van der Waals surface area contributed by atoms with Gasteiger partial charge in [0, 0.05) is 58.8 Å². The summed E-state index contributed by atoms with van der Waals surface area (Å²) in [6, 6.07) is 12.0. The van der Waals surface area contributed by atoms with E-state index in [9.17, 15) is 15.2 Å². The fraction of sp³-hybridized carbons (Fsp3) is 0.343. The van der Waals surface area contributed by atoms with Gasteiger partial charge in [0.05, 0.1) is 64.9 Å². The number of aromatic nitrogens is 6. The Morgan fingerprint density at radius 1 is 1.04 bits per heavy atom. The van der Waals surface area contributed by atoms with E-state index < -0.39 is 5.60 Å². The van der Waals surface area contributed by atoms with Crippen LogP contribution < -0.4 is 15.0 Å². The van der Waals surface area contributed by atoms with Crippen molar-refractivity contribution < 1.29 is 14.6 Å². The van der Waals surface area contributed by atoms with Crippen LogP contribution in [0.3, 0.4) is 0 Å². The number of carbonyl (C=O) groups is 1. The van der Waals surface area contributed by atoms with Crippen molar-refractivity contribution in [1.82, 2.24) is 34.9 Å². The zero-order valence-corrected chi connectivity index (χ0v) is 26.0. The zero-order valence-electron chi connectivity index (χ0n) is 26.0. The first-order chi connectivity index (χ1) is 22.7. The first-order valence-electron chi connectivity index (χ1n) is 15.7. The van der Waals surface area contributed by atoms with Gasteiger partial charge in [0.15, 0.2) is 0 Å². The lowest BCUT2D eigenvalue weighted by Crippen LogP contribution is -3.03. The quantitative estimate of drug-likeness (QED) is 0.272. The molecule has 9 rings (SSSR count). The van der Waals surface area contributed by atoms with Crippen LogP contribution in [0.2, 0.25) is 0 Å². The molecule has 47 heavy (non-hydrogen) atoms. The summed E-state index contributed by atoms with van der Waals surface area (Å²) in [4.78, 5) is 34.1. The predicted octanol–water partition coefficient (Wildman–Crippen LogP) is 3.90. The minimum absolute atomic E-state index is 0.0896. The maximum Gasteiger partial charge on any atom is 0.253 e. The van der Waals surface area contributed by atoms with Gasteiger partial charge in [-0.1, -0.05) is 6.07 Å². The van der Waals surface area contributed by atoms with Crippen LogP contribution in [0.1, 0.15) is 54.6 Å². The van der Waals surface area contributed by atoms with E-state index in [1.807, 2.05) is 30.6 Å². The van der Waals surface area contributed by atoms with Crippen LogP contribution in [-0.4, -0.2) is 65.3 Å². The monoisotopic (exact) mass is 625 g/mol. The number of nitrogens with one attached hydrogen (secondary N) is 1. The van der Waals surface area contributed by atoms with Crippen LogP contribution >= 0.6 is 0 Å². The molecule has 12 heteroatoms. The number of hydrogen-bond acceptors (Lipinski definition) is 10. The van der Waals surface area contributed by atoms with Gasteiger partial charge in [-0.2, -0.15) is 10.4 Å². The highest BCUT2D eigenvalue weighted by molar-refractivity contribution is 5.95. The van der Waals surface area contributed by atoms with Crippen molar-refractivity contribution in [2.75, 3.05) is 12.0 Å². The molecule has 5 aromatic heterocycles. The van der Waals surface area contributed by atoms with Crippen LogP contribution in [0.15, 0.2) is 67.5 Å². The van der Waals surface area contributed by atoms with Crippen molar-refractivity contribution in [3.8, 4) is 34.5 Å². The molecule has 4 fully saturated rings. The minimum atomic E-state index is -0.999. The molecule has 5 unspecified atom stereocenters. The first kappa shape index (κ1) is 27.9. The number of nitriles is 1. The van der Waals surface area contributed by atoms with E-state index in [0.29, 0.717) is 57.5 Å². The number of hydrogen-bond donors (Lipinski definition) is 2.